The number of aldehydes is 1. The van der Waals surface area contributed by atoms with Gasteiger partial charge in [0.2, 0.25) is 0 Å². The van der Waals surface area contributed by atoms with Gasteiger partial charge in [-0.05, 0) is 58.0 Å². The minimum absolute atomic E-state index is 0.113. The first-order valence-electron chi connectivity index (χ1n) is 11.2. The molecule has 1 saturated heterocycles. The third kappa shape index (κ3) is 8.81. The number of nitrogens with one attached hydrogen (secondary N) is 1. The first-order valence-corrected chi connectivity index (χ1v) is 11.2. The van der Waals surface area contributed by atoms with Crippen LogP contribution in [-0.2, 0) is 14.3 Å². The molecule has 0 aromatic rings. The maximum atomic E-state index is 11.6. The predicted molar refractivity (Wildman–Crippen MR) is 131 cm³/mol. The summed E-state index contributed by atoms with van der Waals surface area (Å²) in [4.78, 5) is 18.5. The Morgan fingerprint density at radius 2 is 2.12 bits per heavy atom. The van der Waals surface area contributed by atoms with Crippen LogP contribution in [0.1, 0.15) is 26.2 Å². The quantitative estimate of drug-likeness (QED) is 0.216. The average molecular weight is 440 g/mol. The molecule has 2 rings (SSSR count). The highest BCUT2D eigenvalue weighted by Gasteiger charge is 2.21. The Hall–Kier alpha value is -2.70. The number of piperidine rings is 1. The maximum Gasteiger partial charge on any atom is 0.165 e. The summed E-state index contributed by atoms with van der Waals surface area (Å²) < 4.78 is 11.5. The van der Waals surface area contributed by atoms with Crippen LogP contribution in [-0.4, -0.2) is 63.3 Å². The minimum atomic E-state index is 0.113. The molecule has 0 spiro atoms. The van der Waals surface area contributed by atoms with Crippen molar-refractivity contribution in [3.05, 3.63) is 72.4 Å². The summed E-state index contributed by atoms with van der Waals surface area (Å²) >= 11 is 0. The van der Waals surface area contributed by atoms with Crippen LogP contribution in [0.4, 0.5) is 0 Å². The topological polar surface area (TPSA) is 63.2 Å². The third-order valence-electron chi connectivity index (χ3n) is 5.63. The Labute approximate surface area is 192 Å². The molecular weight excluding hydrogens is 402 g/mol. The number of rotatable bonds is 12. The molecule has 1 heterocycles. The average Bonchev–Trinajstić information content (AvgIpc) is 3.05. The van der Waals surface area contributed by atoms with Gasteiger partial charge in [0, 0.05) is 19.0 Å². The van der Waals surface area contributed by atoms with E-state index in [9.17, 15) is 4.79 Å². The molecule has 2 aliphatic rings. The summed E-state index contributed by atoms with van der Waals surface area (Å²) in [6.07, 6.45) is 19.2. The third-order valence-corrected chi connectivity index (χ3v) is 5.63. The van der Waals surface area contributed by atoms with E-state index in [1.807, 2.05) is 50.4 Å². The molecule has 0 aromatic heterocycles. The zero-order valence-electron chi connectivity index (χ0n) is 19.6. The standard InChI is InChI=1S/C26H37N3O3/c1-5-6-7-12-26(31-4)21(2)32-20-22-13-15-29(16-14-22)18-25(19-30)28-24-11-9-8-10-23(17-24)27-3/h5-11,17,19,22-23,27H,1,12-16,18,20H2,2-4H3/b7-6-,26-21-,28-25?. The van der Waals surface area contributed by atoms with Crippen molar-refractivity contribution >= 4 is 12.0 Å². The smallest absolute Gasteiger partial charge is 0.165 e. The molecule has 1 unspecified atom stereocenters. The van der Waals surface area contributed by atoms with E-state index in [0.717, 1.165) is 49.4 Å². The lowest BCUT2D eigenvalue weighted by molar-refractivity contribution is -0.102. The number of hydrogen-bond donors (Lipinski definition) is 1. The van der Waals surface area contributed by atoms with Crippen LogP contribution in [0.15, 0.2) is 77.4 Å². The molecule has 1 fully saturated rings. The Balaban J connectivity index is 1.84. The molecule has 6 nitrogen and oxygen atoms in total. The van der Waals surface area contributed by atoms with E-state index >= 15 is 0 Å². The highest BCUT2D eigenvalue weighted by molar-refractivity contribution is 6.29. The maximum absolute atomic E-state index is 11.6. The Morgan fingerprint density at radius 3 is 2.78 bits per heavy atom. The van der Waals surface area contributed by atoms with Gasteiger partial charge in [-0.25, -0.2) is 4.99 Å². The number of nitrogens with zero attached hydrogens (tertiary/aromatic N) is 2. The van der Waals surface area contributed by atoms with Gasteiger partial charge in [-0.15, -0.1) is 0 Å². The fraction of sp³-hybridized carbons (Fsp3) is 0.462. The number of ether oxygens (including phenoxy) is 2. The fourth-order valence-electron chi connectivity index (χ4n) is 3.66. The minimum Gasteiger partial charge on any atom is -0.497 e. The monoisotopic (exact) mass is 439 g/mol. The van der Waals surface area contributed by atoms with E-state index in [0.29, 0.717) is 31.2 Å². The summed E-state index contributed by atoms with van der Waals surface area (Å²) in [6.45, 7) is 8.74. The molecule has 0 bridgehead atoms. The normalized spacial score (nSPS) is 21.2. The lowest BCUT2D eigenvalue weighted by Gasteiger charge is -2.31. The number of hydrogen-bond acceptors (Lipinski definition) is 6. The molecule has 6 heteroatoms. The highest BCUT2D eigenvalue weighted by atomic mass is 16.5. The lowest BCUT2D eigenvalue weighted by atomic mass is 9.97. The lowest BCUT2D eigenvalue weighted by Crippen LogP contribution is -2.38. The van der Waals surface area contributed by atoms with E-state index in [1.165, 1.54) is 0 Å². The van der Waals surface area contributed by atoms with Crippen molar-refractivity contribution in [2.24, 2.45) is 10.9 Å². The molecule has 1 atom stereocenters. The summed E-state index contributed by atoms with van der Waals surface area (Å²) in [7, 11) is 3.57. The molecule has 0 aromatic carbocycles. The van der Waals surface area contributed by atoms with Crippen LogP contribution in [0.2, 0.25) is 0 Å². The summed E-state index contributed by atoms with van der Waals surface area (Å²) in [5.74, 6) is 2.16. The van der Waals surface area contributed by atoms with Crippen molar-refractivity contribution in [1.82, 2.24) is 10.2 Å². The number of carbonyl (C=O) groups excluding carboxylic acids is 1. The molecule has 1 aliphatic carbocycles. The van der Waals surface area contributed by atoms with Gasteiger partial charge in [-0.3, -0.25) is 9.69 Å². The van der Waals surface area contributed by atoms with Gasteiger partial charge in [-0.1, -0.05) is 43.0 Å². The van der Waals surface area contributed by atoms with Gasteiger partial charge in [0.1, 0.15) is 11.5 Å². The van der Waals surface area contributed by atoms with Crippen molar-refractivity contribution in [3.8, 4) is 0 Å². The van der Waals surface area contributed by atoms with Gasteiger partial charge >= 0.3 is 0 Å². The number of carbonyl (C=O) groups is 1. The predicted octanol–water partition coefficient (Wildman–Crippen LogP) is 3.96. The van der Waals surface area contributed by atoms with Crippen LogP contribution in [0.5, 0.6) is 0 Å². The largest absolute Gasteiger partial charge is 0.497 e. The van der Waals surface area contributed by atoms with E-state index in [4.69, 9.17) is 9.47 Å². The van der Waals surface area contributed by atoms with Gasteiger partial charge < -0.3 is 14.8 Å². The number of methoxy groups -OCH3 is 1. The number of likely N-dealkylation sites (tertiary alicyclic amines) is 1. The van der Waals surface area contributed by atoms with Crippen molar-refractivity contribution in [3.63, 3.8) is 0 Å². The van der Waals surface area contributed by atoms with Crippen LogP contribution in [0.25, 0.3) is 0 Å². The molecule has 1 aliphatic heterocycles. The van der Waals surface area contributed by atoms with E-state index < -0.39 is 0 Å². The molecule has 0 radical (unpaired) electrons. The number of allylic oxidation sites excluding steroid dienone is 7. The Bertz CT molecular complexity index is 797. The zero-order chi connectivity index (χ0) is 23.2. The van der Waals surface area contributed by atoms with Gasteiger partial charge in [0.05, 0.1) is 25.1 Å². The van der Waals surface area contributed by atoms with Crippen LogP contribution >= 0.6 is 0 Å². The van der Waals surface area contributed by atoms with Crippen molar-refractivity contribution in [2.45, 2.75) is 32.2 Å². The Kier molecular flexibility index (Phi) is 11.5. The van der Waals surface area contributed by atoms with E-state index in [2.05, 4.69) is 27.9 Å². The van der Waals surface area contributed by atoms with Crippen LogP contribution in [0.3, 0.4) is 0 Å². The molecule has 32 heavy (non-hydrogen) atoms. The van der Waals surface area contributed by atoms with Crippen molar-refractivity contribution in [2.75, 3.05) is 40.4 Å². The van der Waals surface area contributed by atoms with Crippen LogP contribution in [0, 0.1) is 5.92 Å². The molecule has 0 saturated carbocycles. The first kappa shape index (κ1) is 25.6. The van der Waals surface area contributed by atoms with Crippen LogP contribution < -0.4 is 5.32 Å². The van der Waals surface area contributed by atoms with Crippen molar-refractivity contribution in [1.29, 1.82) is 0 Å². The second-order valence-corrected chi connectivity index (χ2v) is 7.95. The Morgan fingerprint density at radius 1 is 1.34 bits per heavy atom. The van der Waals surface area contributed by atoms with Gasteiger partial charge in [0.15, 0.2) is 6.29 Å². The van der Waals surface area contributed by atoms with E-state index in [-0.39, 0.29) is 6.04 Å². The summed E-state index contributed by atoms with van der Waals surface area (Å²) in [5, 5.41) is 3.19. The van der Waals surface area contributed by atoms with Gasteiger partial charge in [0.25, 0.3) is 0 Å². The molecule has 174 valence electrons. The molecular formula is C26H37N3O3. The van der Waals surface area contributed by atoms with Crippen molar-refractivity contribution < 1.29 is 14.3 Å². The fourth-order valence-corrected chi connectivity index (χ4v) is 3.66. The number of likely N-dealkylation sites (N-methyl/N-ethyl adjacent to an activating group) is 1. The van der Waals surface area contributed by atoms with Gasteiger partial charge in [-0.2, -0.15) is 0 Å². The summed E-state index contributed by atoms with van der Waals surface area (Å²) in [6, 6.07) is 0.113. The molecule has 1 N–H and O–H groups in total. The zero-order valence-corrected chi connectivity index (χ0v) is 19.6. The second-order valence-electron chi connectivity index (χ2n) is 7.95. The summed E-state index contributed by atoms with van der Waals surface area (Å²) in [5.41, 5.74) is 1.36. The molecule has 0 amide bonds. The highest BCUT2D eigenvalue weighted by Crippen LogP contribution is 2.20. The first-order chi connectivity index (χ1) is 15.6. The second kappa shape index (κ2) is 14.4. The SMILES string of the molecule is C=C/C=C\C/C(OC)=C(\C)OCC1CCN(CC(C=O)=NC2=CC(NC)C=CC=C2)CC1. The van der Waals surface area contributed by atoms with E-state index in [1.54, 1.807) is 13.2 Å². The number of aliphatic imine (C=N–C) groups is 1.